The number of benzene rings is 3. The van der Waals surface area contributed by atoms with E-state index in [1.165, 1.54) is 0 Å². The van der Waals surface area contributed by atoms with E-state index < -0.39 is 26.4 Å². The van der Waals surface area contributed by atoms with Crippen molar-refractivity contribution in [2.75, 3.05) is 0 Å². The molecule has 1 fully saturated rings. The van der Waals surface area contributed by atoms with Crippen LogP contribution >= 0.6 is 0 Å². The Hall–Kier alpha value is -1.93. The van der Waals surface area contributed by atoms with Crippen molar-refractivity contribution in [1.29, 1.82) is 0 Å². The summed E-state index contributed by atoms with van der Waals surface area (Å²) in [4.78, 5) is 33.9. The van der Waals surface area contributed by atoms with Gasteiger partial charge in [0.05, 0.1) is 0 Å². The first-order chi connectivity index (χ1) is 12.9. The van der Waals surface area contributed by atoms with Crippen molar-refractivity contribution in [2.45, 2.75) is 0 Å². The minimum absolute atomic E-state index is 0.386. The van der Waals surface area contributed by atoms with Crippen molar-refractivity contribution in [3.8, 4) is 0 Å². The van der Waals surface area contributed by atoms with Crippen LogP contribution in [0.4, 0.5) is 0 Å². The van der Waals surface area contributed by atoms with Gasteiger partial charge in [0.25, 0.3) is 0 Å². The molecule has 0 saturated carbocycles. The molecule has 27 heavy (non-hydrogen) atoms. The molecule has 138 valence electrons. The van der Waals surface area contributed by atoms with Crippen molar-refractivity contribution in [1.82, 2.24) is 0 Å². The third-order valence-electron chi connectivity index (χ3n) is 4.25. The van der Waals surface area contributed by atoms with Crippen LogP contribution < -0.4 is 15.6 Å². The Morgan fingerprint density at radius 3 is 0.852 bits per heavy atom. The molecule has 3 aromatic rings. The van der Waals surface area contributed by atoms with E-state index >= 15 is 0 Å². The fraction of sp³-hybridized carbons (Fsp3) is 0. The zero-order valence-corrected chi connectivity index (χ0v) is 17.2. The number of hydrogen-bond acceptors (Lipinski definition) is 6. The van der Waals surface area contributed by atoms with E-state index in [4.69, 9.17) is 12.3 Å². The van der Waals surface area contributed by atoms with Gasteiger partial charge in [-0.15, -0.1) is 0 Å². The monoisotopic (exact) mass is 414 g/mol. The fourth-order valence-electron chi connectivity index (χ4n) is 2.92. The quantitative estimate of drug-likeness (QED) is 0.504. The molecular weight excluding hydrogens is 396 g/mol. The Kier molecular flexibility index (Phi) is 4.72. The highest BCUT2D eigenvalue weighted by Gasteiger charge is 2.66. The van der Waals surface area contributed by atoms with Gasteiger partial charge in [0, 0.05) is 15.6 Å². The second kappa shape index (κ2) is 6.91. The Labute approximate surface area is 160 Å². The lowest BCUT2D eigenvalue weighted by Crippen LogP contribution is -2.80. The Morgan fingerprint density at radius 1 is 0.407 bits per heavy atom. The summed E-state index contributed by atoms with van der Waals surface area (Å²) in [6.45, 7) is 0. The second-order valence-corrected chi connectivity index (χ2v) is 13.8. The van der Waals surface area contributed by atoms with Crippen molar-refractivity contribution in [2.24, 2.45) is 0 Å². The third-order valence-corrected chi connectivity index (χ3v) is 14.1. The standard InChI is InChI=1S/C18H18O6Si3/c19-25(16-10-4-1-5-11-16)22-26(20,17-12-6-2-7-13-17)24-27(21,23-25)18-14-8-3-9-15-18/h1-15,19-21H. The Balaban J connectivity index is 1.85. The molecule has 3 N–H and O–H groups in total. The molecule has 0 bridgehead atoms. The van der Waals surface area contributed by atoms with Gasteiger partial charge < -0.3 is 26.7 Å². The van der Waals surface area contributed by atoms with Crippen molar-refractivity contribution in [3.05, 3.63) is 91.0 Å². The van der Waals surface area contributed by atoms with Crippen LogP contribution in [-0.4, -0.2) is 40.8 Å². The van der Waals surface area contributed by atoms with Gasteiger partial charge in [0.2, 0.25) is 0 Å². The molecule has 1 heterocycles. The van der Waals surface area contributed by atoms with Crippen LogP contribution in [-0.2, 0) is 12.3 Å². The molecule has 0 radical (unpaired) electrons. The van der Waals surface area contributed by atoms with Gasteiger partial charge in [-0.25, -0.2) is 0 Å². The summed E-state index contributed by atoms with van der Waals surface area (Å²) in [5.74, 6) is 0. The average Bonchev–Trinajstić information content (AvgIpc) is 2.69. The maximum absolute atomic E-state index is 11.3. The highest BCUT2D eigenvalue weighted by Crippen LogP contribution is 2.26. The Morgan fingerprint density at radius 2 is 0.630 bits per heavy atom. The highest BCUT2D eigenvalue weighted by molar-refractivity contribution is 6.99. The first-order valence-corrected chi connectivity index (χ1v) is 13.7. The summed E-state index contributed by atoms with van der Waals surface area (Å²) in [5, 5.41) is 1.16. The number of rotatable bonds is 3. The molecule has 1 aliphatic heterocycles. The molecule has 9 heteroatoms. The van der Waals surface area contributed by atoms with Gasteiger partial charge in [0.1, 0.15) is 0 Å². The molecule has 0 aromatic heterocycles. The summed E-state index contributed by atoms with van der Waals surface area (Å²) in [6.07, 6.45) is 0. The molecular formula is C18H18O6Si3. The van der Waals surface area contributed by atoms with E-state index in [2.05, 4.69) is 0 Å². The van der Waals surface area contributed by atoms with Crippen LogP contribution in [0.3, 0.4) is 0 Å². The van der Waals surface area contributed by atoms with Gasteiger partial charge >= 0.3 is 26.4 Å². The topological polar surface area (TPSA) is 88.4 Å². The minimum atomic E-state index is -4.15. The predicted octanol–water partition coefficient (Wildman–Crippen LogP) is -0.435. The summed E-state index contributed by atoms with van der Waals surface area (Å²) in [5.41, 5.74) is 0. The maximum Gasteiger partial charge on any atom is 0.520 e. The largest absolute Gasteiger partial charge is 0.520 e. The lowest BCUT2D eigenvalue weighted by atomic mass is 10.4. The van der Waals surface area contributed by atoms with Crippen LogP contribution in [0.25, 0.3) is 0 Å². The zero-order valence-electron chi connectivity index (χ0n) is 14.2. The van der Waals surface area contributed by atoms with Gasteiger partial charge in [-0.1, -0.05) is 91.0 Å². The molecule has 1 aliphatic rings. The smallest absolute Gasteiger partial charge is 0.387 e. The normalized spacial score (nSPS) is 30.8. The van der Waals surface area contributed by atoms with Gasteiger partial charge in [-0.2, -0.15) is 0 Å². The molecule has 0 amide bonds. The molecule has 3 aromatic carbocycles. The third kappa shape index (κ3) is 3.48. The molecule has 0 unspecified atom stereocenters. The lowest BCUT2D eigenvalue weighted by molar-refractivity contribution is 0.0928. The van der Waals surface area contributed by atoms with Crippen molar-refractivity contribution < 1.29 is 26.7 Å². The van der Waals surface area contributed by atoms with E-state index in [9.17, 15) is 14.4 Å². The van der Waals surface area contributed by atoms with Crippen LogP contribution in [0.5, 0.6) is 0 Å². The molecule has 0 atom stereocenters. The fourth-order valence-corrected chi connectivity index (χ4v) is 13.7. The summed E-state index contributed by atoms with van der Waals surface area (Å²) in [7, 11) is -12.5. The molecule has 1 saturated heterocycles. The lowest BCUT2D eigenvalue weighted by Gasteiger charge is -2.44. The number of hydrogen-bond donors (Lipinski definition) is 3. The first-order valence-electron chi connectivity index (χ1n) is 8.38. The molecule has 4 rings (SSSR count). The molecule has 0 spiro atoms. The van der Waals surface area contributed by atoms with E-state index in [0.717, 1.165) is 0 Å². The van der Waals surface area contributed by atoms with Crippen LogP contribution in [0, 0.1) is 0 Å². The van der Waals surface area contributed by atoms with Crippen molar-refractivity contribution >= 4 is 42.0 Å². The van der Waals surface area contributed by atoms with Gasteiger partial charge in [-0.05, 0) is 0 Å². The van der Waals surface area contributed by atoms with Crippen LogP contribution in [0.2, 0.25) is 0 Å². The summed E-state index contributed by atoms with van der Waals surface area (Å²) in [6, 6.07) is 25.7. The maximum atomic E-state index is 11.3. The van der Waals surface area contributed by atoms with Gasteiger partial charge in [-0.3, -0.25) is 0 Å². The SMILES string of the molecule is O[Si]1(c2ccccc2)O[Si](O)(c2ccccc2)O[Si](O)(c2ccccc2)O1. The minimum Gasteiger partial charge on any atom is -0.387 e. The average molecular weight is 415 g/mol. The zero-order chi connectivity index (χ0) is 19.0. The predicted molar refractivity (Wildman–Crippen MR) is 105 cm³/mol. The van der Waals surface area contributed by atoms with E-state index in [-0.39, 0.29) is 0 Å². The van der Waals surface area contributed by atoms with E-state index in [0.29, 0.717) is 15.6 Å². The van der Waals surface area contributed by atoms with Crippen molar-refractivity contribution in [3.63, 3.8) is 0 Å². The summed E-state index contributed by atoms with van der Waals surface area (Å²) >= 11 is 0. The molecule has 6 nitrogen and oxygen atoms in total. The van der Waals surface area contributed by atoms with Gasteiger partial charge in [0.15, 0.2) is 0 Å². The first kappa shape index (κ1) is 18.4. The van der Waals surface area contributed by atoms with E-state index in [1.54, 1.807) is 91.0 Å². The van der Waals surface area contributed by atoms with Crippen LogP contribution in [0.1, 0.15) is 0 Å². The van der Waals surface area contributed by atoms with E-state index in [1.807, 2.05) is 0 Å². The molecule has 0 aliphatic carbocycles. The summed E-state index contributed by atoms with van der Waals surface area (Å²) < 4.78 is 17.3. The van der Waals surface area contributed by atoms with Crippen LogP contribution in [0.15, 0.2) is 91.0 Å². The second-order valence-electron chi connectivity index (χ2n) is 6.15. The Bertz CT molecular complexity index is 782. The highest BCUT2D eigenvalue weighted by atomic mass is 28.5.